The van der Waals surface area contributed by atoms with Gasteiger partial charge in [-0.15, -0.1) is 0 Å². The highest BCUT2D eigenvalue weighted by Gasteiger charge is 2.25. The lowest BCUT2D eigenvalue weighted by molar-refractivity contribution is -0.105. The van der Waals surface area contributed by atoms with E-state index in [4.69, 9.17) is 18.0 Å². The number of aldehydes is 1. The van der Waals surface area contributed by atoms with Gasteiger partial charge in [-0.25, -0.2) is 0 Å². The van der Waals surface area contributed by atoms with Gasteiger partial charge in [0, 0.05) is 22.9 Å². The average molecular weight is 257 g/mol. The van der Waals surface area contributed by atoms with Crippen molar-refractivity contribution < 1.29 is 4.79 Å². The minimum atomic E-state index is -0.137. The average Bonchev–Trinajstić information content (AvgIpc) is 2.38. The molecular formula is C15H15NOS. The van der Waals surface area contributed by atoms with Crippen molar-refractivity contribution >= 4 is 23.4 Å². The molecule has 0 fully saturated rings. The van der Waals surface area contributed by atoms with E-state index in [2.05, 4.69) is 0 Å². The second-order valence-corrected chi connectivity index (χ2v) is 4.80. The molecule has 1 aliphatic rings. The third kappa shape index (κ3) is 2.19. The first-order valence-corrected chi connectivity index (χ1v) is 6.25. The van der Waals surface area contributed by atoms with E-state index in [9.17, 15) is 4.79 Å². The fraction of sp³-hybridized carbons (Fsp3) is 0.200. The van der Waals surface area contributed by atoms with Gasteiger partial charge in [-0.2, -0.15) is 0 Å². The third-order valence-corrected chi connectivity index (χ3v) is 3.60. The number of aryl methyl sites for hydroxylation is 1. The van der Waals surface area contributed by atoms with Crippen molar-refractivity contribution in [1.82, 2.24) is 0 Å². The molecule has 0 saturated carbocycles. The molecule has 1 aliphatic carbocycles. The maximum Gasteiger partial charge on any atom is 0.147 e. The van der Waals surface area contributed by atoms with Gasteiger partial charge in [0.15, 0.2) is 0 Å². The summed E-state index contributed by atoms with van der Waals surface area (Å²) in [6.45, 7) is 2.48. The van der Waals surface area contributed by atoms with Crippen LogP contribution in [0.4, 0.5) is 0 Å². The highest BCUT2D eigenvalue weighted by atomic mass is 32.1. The Bertz CT molecular complexity index is 558. The summed E-state index contributed by atoms with van der Waals surface area (Å²) in [6.07, 6.45) is 6.40. The summed E-state index contributed by atoms with van der Waals surface area (Å²) in [6, 6.07) is 6.00. The van der Waals surface area contributed by atoms with Crippen LogP contribution in [-0.4, -0.2) is 11.2 Å². The number of thiocarbonyl (C=S) groups is 1. The van der Waals surface area contributed by atoms with Gasteiger partial charge in [-0.3, -0.25) is 4.79 Å². The quantitative estimate of drug-likeness (QED) is 0.668. The first-order chi connectivity index (χ1) is 8.69. The van der Waals surface area contributed by atoms with Gasteiger partial charge < -0.3 is 5.73 Å². The highest BCUT2D eigenvalue weighted by molar-refractivity contribution is 7.80. The standard InChI is InChI=1S/C15H15NOS/c1-10-4-2-5-11(8-16)14(10)15-12(9-17)6-3-7-13(15)18/h2-7,9,15H,8,16H2,1H3. The molecule has 1 aromatic rings. The zero-order valence-electron chi connectivity index (χ0n) is 10.2. The number of carbonyl (C=O) groups is 1. The molecule has 0 radical (unpaired) electrons. The molecule has 2 N–H and O–H groups in total. The largest absolute Gasteiger partial charge is 0.326 e. The molecule has 0 heterocycles. The topological polar surface area (TPSA) is 43.1 Å². The van der Waals surface area contributed by atoms with Crippen molar-refractivity contribution in [2.75, 3.05) is 0 Å². The molecular weight excluding hydrogens is 242 g/mol. The summed E-state index contributed by atoms with van der Waals surface area (Å²) in [5, 5.41) is 0. The molecule has 3 heteroatoms. The molecule has 1 unspecified atom stereocenters. The summed E-state index contributed by atoms with van der Waals surface area (Å²) in [5.41, 5.74) is 9.73. The van der Waals surface area contributed by atoms with Crippen molar-refractivity contribution in [3.63, 3.8) is 0 Å². The van der Waals surface area contributed by atoms with Crippen molar-refractivity contribution in [1.29, 1.82) is 0 Å². The number of benzene rings is 1. The van der Waals surface area contributed by atoms with Gasteiger partial charge in [0.05, 0.1) is 0 Å². The van der Waals surface area contributed by atoms with Crippen molar-refractivity contribution in [2.24, 2.45) is 5.73 Å². The number of carbonyl (C=O) groups excluding carboxylic acids is 1. The number of rotatable bonds is 3. The summed E-state index contributed by atoms with van der Waals surface area (Å²) in [5.74, 6) is -0.137. The van der Waals surface area contributed by atoms with Crippen LogP contribution in [0.1, 0.15) is 22.6 Å². The second kappa shape index (κ2) is 5.38. The van der Waals surface area contributed by atoms with Crippen LogP contribution in [0.25, 0.3) is 0 Å². The molecule has 0 aliphatic heterocycles. The molecule has 0 spiro atoms. The zero-order chi connectivity index (χ0) is 13.1. The monoisotopic (exact) mass is 257 g/mol. The minimum absolute atomic E-state index is 0.137. The molecule has 2 nitrogen and oxygen atoms in total. The van der Waals surface area contributed by atoms with Crippen LogP contribution >= 0.6 is 12.2 Å². The smallest absolute Gasteiger partial charge is 0.147 e. The van der Waals surface area contributed by atoms with Crippen molar-refractivity contribution in [3.8, 4) is 0 Å². The predicted molar refractivity (Wildman–Crippen MR) is 77.7 cm³/mol. The summed E-state index contributed by atoms with van der Waals surface area (Å²) in [4.78, 5) is 12.0. The number of hydrogen-bond acceptors (Lipinski definition) is 3. The van der Waals surface area contributed by atoms with E-state index in [0.29, 0.717) is 12.1 Å². The van der Waals surface area contributed by atoms with Crippen LogP contribution in [-0.2, 0) is 11.3 Å². The second-order valence-electron chi connectivity index (χ2n) is 4.33. The zero-order valence-corrected chi connectivity index (χ0v) is 11.0. The molecule has 18 heavy (non-hydrogen) atoms. The first-order valence-electron chi connectivity index (χ1n) is 5.84. The Hall–Kier alpha value is -1.58. The van der Waals surface area contributed by atoms with Gasteiger partial charge in [0.2, 0.25) is 0 Å². The lowest BCUT2D eigenvalue weighted by Crippen LogP contribution is -2.18. The highest BCUT2D eigenvalue weighted by Crippen LogP contribution is 2.33. The van der Waals surface area contributed by atoms with E-state index in [-0.39, 0.29) is 5.92 Å². The Morgan fingerprint density at radius 2 is 2.22 bits per heavy atom. The lowest BCUT2D eigenvalue weighted by Gasteiger charge is -2.24. The van der Waals surface area contributed by atoms with Crippen LogP contribution in [0.5, 0.6) is 0 Å². The Morgan fingerprint density at radius 3 is 2.89 bits per heavy atom. The van der Waals surface area contributed by atoms with E-state index in [0.717, 1.165) is 27.8 Å². The molecule has 92 valence electrons. The number of allylic oxidation sites excluding steroid dienone is 4. The van der Waals surface area contributed by atoms with E-state index in [1.807, 2.05) is 43.4 Å². The summed E-state index contributed by atoms with van der Waals surface area (Å²) in [7, 11) is 0. The van der Waals surface area contributed by atoms with Crippen molar-refractivity contribution in [3.05, 3.63) is 58.7 Å². The molecule has 0 bridgehead atoms. The van der Waals surface area contributed by atoms with Gasteiger partial charge in [-0.05, 0) is 29.7 Å². The van der Waals surface area contributed by atoms with Gasteiger partial charge in [0.1, 0.15) is 6.29 Å². The normalized spacial score (nSPS) is 18.7. The van der Waals surface area contributed by atoms with Crippen LogP contribution in [0, 0.1) is 6.92 Å². The molecule has 0 amide bonds. The predicted octanol–water partition coefficient (Wildman–Crippen LogP) is 2.60. The van der Waals surface area contributed by atoms with Crippen molar-refractivity contribution in [2.45, 2.75) is 19.4 Å². The number of nitrogens with two attached hydrogens (primary N) is 1. The number of hydrogen-bond donors (Lipinski definition) is 1. The van der Waals surface area contributed by atoms with E-state index >= 15 is 0 Å². The first kappa shape index (κ1) is 12.9. The SMILES string of the molecule is Cc1cccc(CN)c1C1C(=S)C=CC=C1C=O. The maximum atomic E-state index is 11.2. The third-order valence-electron chi connectivity index (χ3n) is 3.23. The fourth-order valence-corrected chi connectivity index (χ4v) is 2.69. The molecule has 0 saturated heterocycles. The van der Waals surface area contributed by atoms with E-state index in [1.54, 1.807) is 0 Å². The Kier molecular flexibility index (Phi) is 3.84. The van der Waals surface area contributed by atoms with Crippen LogP contribution in [0.15, 0.2) is 42.0 Å². The fourth-order valence-electron chi connectivity index (χ4n) is 2.36. The van der Waals surface area contributed by atoms with E-state index in [1.165, 1.54) is 0 Å². The Morgan fingerprint density at radius 1 is 1.44 bits per heavy atom. The van der Waals surface area contributed by atoms with Gasteiger partial charge >= 0.3 is 0 Å². The molecule has 2 rings (SSSR count). The van der Waals surface area contributed by atoms with Gasteiger partial charge in [-0.1, -0.05) is 42.6 Å². The maximum absolute atomic E-state index is 11.2. The lowest BCUT2D eigenvalue weighted by atomic mass is 9.81. The van der Waals surface area contributed by atoms with Crippen LogP contribution in [0.2, 0.25) is 0 Å². The van der Waals surface area contributed by atoms with Crippen LogP contribution in [0.3, 0.4) is 0 Å². The van der Waals surface area contributed by atoms with Gasteiger partial charge in [0.25, 0.3) is 0 Å². The summed E-state index contributed by atoms with van der Waals surface area (Å²) < 4.78 is 0. The summed E-state index contributed by atoms with van der Waals surface area (Å²) >= 11 is 5.39. The Labute approximate surface area is 112 Å². The van der Waals surface area contributed by atoms with Crippen LogP contribution < -0.4 is 5.73 Å². The molecule has 1 aromatic carbocycles. The minimum Gasteiger partial charge on any atom is -0.326 e. The molecule has 1 atom stereocenters. The van der Waals surface area contributed by atoms with E-state index < -0.39 is 0 Å². The Balaban J connectivity index is 2.60. The molecule has 0 aromatic heterocycles.